The van der Waals surface area contributed by atoms with Crippen LogP contribution in [-0.2, 0) is 13.0 Å². The first-order valence-electron chi connectivity index (χ1n) is 5.71. The molecule has 1 heterocycles. The second kappa shape index (κ2) is 6.25. The Kier molecular flexibility index (Phi) is 4.40. The molecule has 0 unspecified atom stereocenters. The highest BCUT2D eigenvalue weighted by molar-refractivity contribution is 6.31. The molecule has 4 heteroatoms. The third-order valence-corrected chi connectivity index (χ3v) is 2.98. The number of hydrogen-bond acceptors (Lipinski definition) is 3. The van der Waals surface area contributed by atoms with Crippen molar-refractivity contribution >= 4 is 11.6 Å². The molecule has 0 fully saturated rings. The molecule has 2 aromatic rings. The van der Waals surface area contributed by atoms with E-state index in [1.807, 2.05) is 18.2 Å². The molecule has 1 aromatic heterocycles. The van der Waals surface area contributed by atoms with Gasteiger partial charge in [0.05, 0.1) is 17.9 Å². The topological polar surface area (TPSA) is 49.0 Å². The summed E-state index contributed by atoms with van der Waals surface area (Å²) >= 11 is 6.08. The first-order valence-corrected chi connectivity index (χ1v) is 6.09. The van der Waals surface area contributed by atoms with Crippen LogP contribution in [0.3, 0.4) is 0 Å². The van der Waals surface area contributed by atoms with Crippen molar-refractivity contribution in [1.29, 1.82) is 5.26 Å². The predicted molar refractivity (Wildman–Crippen MR) is 70.3 cm³/mol. The summed E-state index contributed by atoms with van der Waals surface area (Å²) in [6.45, 7) is 1.51. The maximum Gasteiger partial charge on any atom is 0.105 e. The molecule has 0 radical (unpaired) electrons. The van der Waals surface area contributed by atoms with Crippen molar-refractivity contribution in [3.63, 3.8) is 0 Å². The van der Waals surface area contributed by atoms with Gasteiger partial charge >= 0.3 is 0 Å². The van der Waals surface area contributed by atoms with Crippen LogP contribution in [0.25, 0.3) is 0 Å². The molecule has 0 atom stereocenters. The van der Waals surface area contributed by atoms with Crippen LogP contribution in [0, 0.1) is 11.3 Å². The minimum absolute atomic E-state index is 0.583. The number of halogens is 1. The summed E-state index contributed by atoms with van der Waals surface area (Å²) in [6.07, 6.45) is 2.52. The number of nitriles is 1. The largest absolute Gasteiger partial charge is 0.469 e. The lowest BCUT2D eigenvalue weighted by molar-refractivity contribution is 0.499. The molecule has 3 nitrogen and oxygen atoms in total. The highest BCUT2D eigenvalue weighted by Gasteiger charge is 2.02. The van der Waals surface area contributed by atoms with Gasteiger partial charge in [-0.05, 0) is 29.8 Å². The lowest BCUT2D eigenvalue weighted by Gasteiger charge is -2.06. The lowest BCUT2D eigenvalue weighted by Crippen LogP contribution is -2.16. The minimum atomic E-state index is 0.583. The second-order valence-electron chi connectivity index (χ2n) is 3.92. The normalized spacial score (nSPS) is 10.2. The van der Waals surface area contributed by atoms with Gasteiger partial charge in [0.15, 0.2) is 0 Å². The van der Waals surface area contributed by atoms with Crippen molar-refractivity contribution in [1.82, 2.24) is 5.32 Å². The van der Waals surface area contributed by atoms with E-state index < -0.39 is 0 Å². The lowest BCUT2D eigenvalue weighted by atomic mass is 10.1. The highest BCUT2D eigenvalue weighted by atomic mass is 35.5. The summed E-state index contributed by atoms with van der Waals surface area (Å²) in [6, 6.07) is 11.2. The smallest absolute Gasteiger partial charge is 0.105 e. The van der Waals surface area contributed by atoms with E-state index >= 15 is 0 Å². The molecular weight excluding hydrogens is 248 g/mol. The Morgan fingerprint density at radius 1 is 1.33 bits per heavy atom. The fourth-order valence-electron chi connectivity index (χ4n) is 1.65. The number of rotatable bonds is 5. The predicted octanol–water partition coefficient (Wildman–Crippen LogP) is 3.14. The van der Waals surface area contributed by atoms with Crippen LogP contribution in [0.1, 0.15) is 16.9 Å². The van der Waals surface area contributed by atoms with Gasteiger partial charge in [0.2, 0.25) is 0 Å². The minimum Gasteiger partial charge on any atom is -0.469 e. The summed E-state index contributed by atoms with van der Waals surface area (Å²) in [5.41, 5.74) is 1.58. The molecule has 1 aromatic carbocycles. The van der Waals surface area contributed by atoms with Gasteiger partial charge in [-0.1, -0.05) is 17.7 Å². The summed E-state index contributed by atoms with van der Waals surface area (Å²) in [7, 11) is 0. The van der Waals surface area contributed by atoms with E-state index in [1.54, 1.807) is 18.4 Å². The van der Waals surface area contributed by atoms with Crippen LogP contribution < -0.4 is 5.32 Å². The number of furan rings is 1. The van der Waals surface area contributed by atoms with Crippen LogP contribution in [0.4, 0.5) is 0 Å². The van der Waals surface area contributed by atoms with Gasteiger partial charge in [0.1, 0.15) is 5.76 Å². The number of nitrogens with zero attached hydrogens (tertiary/aromatic N) is 1. The maximum absolute atomic E-state index is 8.74. The molecule has 18 heavy (non-hydrogen) atoms. The molecule has 0 bridgehead atoms. The average Bonchev–Trinajstić information content (AvgIpc) is 2.89. The van der Waals surface area contributed by atoms with Crippen LogP contribution in [0.2, 0.25) is 5.02 Å². The molecule has 0 spiro atoms. The van der Waals surface area contributed by atoms with Crippen LogP contribution >= 0.6 is 11.6 Å². The number of hydrogen-bond donors (Lipinski definition) is 1. The molecule has 0 aliphatic heterocycles. The van der Waals surface area contributed by atoms with E-state index in [0.717, 1.165) is 24.3 Å². The third kappa shape index (κ3) is 3.36. The Bertz CT molecular complexity index is 543. The molecule has 0 saturated heterocycles. The van der Waals surface area contributed by atoms with Crippen LogP contribution in [-0.4, -0.2) is 6.54 Å². The van der Waals surface area contributed by atoms with Crippen molar-refractivity contribution in [2.45, 2.75) is 13.0 Å². The van der Waals surface area contributed by atoms with Crippen LogP contribution in [0.15, 0.2) is 41.0 Å². The standard InChI is InChI=1S/C14H13ClN2O/c15-14-8-11(9-16)3-4-12(14)10-17-6-5-13-2-1-7-18-13/h1-4,7-8,17H,5-6,10H2. The molecule has 0 aliphatic carbocycles. The fraction of sp³-hybridized carbons (Fsp3) is 0.214. The molecule has 0 aliphatic rings. The van der Waals surface area contributed by atoms with Crippen molar-refractivity contribution in [2.75, 3.05) is 6.54 Å². The van der Waals surface area contributed by atoms with E-state index in [-0.39, 0.29) is 0 Å². The van der Waals surface area contributed by atoms with Crippen molar-refractivity contribution in [3.8, 4) is 6.07 Å². The van der Waals surface area contributed by atoms with E-state index in [2.05, 4.69) is 11.4 Å². The monoisotopic (exact) mass is 260 g/mol. The zero-order valence-corrected chi connectivity index (χ0v) is 10.6. The van der Waals surface area contributed by atoms with Gasteiger partial charge in [0.25, 0.3) is 0 Å². The fourth-order valence-corrected chi connectivity index (χ4v) is 1.90. The first kappa shape index (κ1) is 12.7. The van der Waals surface area contributed by atoms with Gasteiger partial charge in [-0.15, -0.1) is 0 Å². The van der Waals surface area contributed by atoms with E-state index in [1.165, 1.54) is 0 Å². The van der Waals surface area contributed by atoms with Gasteiger partial charge in [-0.3, -0.25) is 0 Å². The zero-order chi connectivity index (χ0) is 12.8. The average molecular weight is 261 g/mol. The van der Waals surface area contributed by atoms with Gasteiger partial charge in [-0.25, -0.2) is 0 Å². The molecule has 0 amide bonds. The Labute approximate surface area is 111 Å². The van der Waals surface area contributed by atoms with Gasteiger partial charge in [0, 0.05) is 24.5 Å². The SMILES string of the molecule is N#Cc1ccc(CNCCc2ccco2)c(Cl)c1. The Hall–Kier alpha value is -1.76. The summed E-state index contributed by atoms with van der Waals surface area (Å²) < 4.78 is 5.24. The Morgan fingerprint density at radius 3 is 2.89 bits per heavy atom. The van der Waals surface area contributed by atoms with E-state index in [4.69, 9.17) is 21.3 Å². The number of benzene rings is 1. The zero-order valence-electron chi connectivity index (χ0n) is 9.82. The highest BCUT2D eigenvalue weighted by Crippen LogP contribution is 2.17. The summed E-state index contributed by atoms with van der Waals surface area (Å²) in [5, 5.41) is 12.7. The number of nitrogens with one attached hydrogen (secondary N) is 1. The summed E-state index contributed by atoms with van der Waals surface area (Å²) in [4.78, 5) is 0. The Balaban J connectivity index is 1.82. The Morgan fingerprint density at radius 2 is 2.22 bits per heavy atom. The maximum atomic E-state index is 8.74. The molecule has 0 saturated carbocycles. The van der Waals surface area contributed by atoms with E-state index in [9.17, 15) is 0 Å². The van der Waals surface area contributed by atoms with Crippen LogP contribution in [0.5, 0.6) is 0 Å². The van der Waals surface area contributed by atoms with E-state index in [0.29, 0.717) is 17.1 Å². The van der Waals surface area contributed by atoms with Crippen molar-refractivity contribution in [2.24, 2.45) is 0 Å². The van der Waals surface area contributed by atoms with Gasteiger partial charge in [-0.2, -0.15) is 5.26 Å². The third-order valence-electron chi connectivity index (χ3n) is 2.63. The molecule has 2 rings (SSSR count). The first-order chi connectivity index (χ1) is 8.79. The second-order valence-corrected chi connectivity index (χ2v) is 4.33. The van der Waals surface area contributed by atoms with Crippen molar-refractivity contribution in [3.05, 3.63) is 58.5 Å². The summed E-state index contributed by atoms with van der Waals surface area (Å²) in [5.74, 6) is 0.966. The van der Waals surface area contributed by atoms with Crippen molar-refractivity contribution < 1.29 is 4.42 Å². The molecule has 1 N–H and O–H groups in total. The quantitative estimate of drug-likeness (QED) is 0.841. The molecule has 92 valence electrons. The van der Waals surface area contributed by atoms with Gasteiger partial charge < -0.3 is 9.73 Å². The molecular formula is C14H13ClN2O.